The average Bonchev–Trinajstić information content (AvgIpc) is 3.13. The lowest BCUT2D eigenvalue weighted by Gasteiger charge is -2.09. The minimum atomic E-state index is -3.57. The van der Waals surface area contributed by atoms with Gasteiger partial charge in [-0.05, 0) is 31.0 Å². The SMILES string of the molecule is CS(=O)(=O)Nc1cc(NC(=O)CNC2CC2)ccc1F. The van der Waals surface area contributed by atoms with Crippen molar-refractivity contribution in [1.29, 1.82) is 0 Å². The number of halogens is 1. The second-order valence-corrected chi connectivity index (χ2v) is 6.52. The standard InChI is InChI=1S/C12H16FN3O3S/c1-20(18,19)16-11-6-9(4-5-10(11)13)15-12(17)7-14-8-2-3-8/h4-6,8,14,16H,2-3,7H2,1H3,(H,15,17). The first-order valence-electron chi connectivity index (χ1n) is 6.14. The van der Waals surface area contributed by atoms with Gasteiger partial charge in [0, 0.05) is 11.7 Å². The fourth-order valence-corrected chi connectivity index (χ4v) is 2.17. The highest BCUT2D eigenvalue weighted by molar-refractivity contribution is 7.92. The van der Waals surface area contributed by atoms with Crippen molar-refractivity contribution in [2.24, 2.45) is 0 Å². The van der Waals surface area contributed by atoms with Crippen LogP contribution < -0.4 is 15.4 Å². The van der Waals surface area contributed by atoms with Gasteiger partial charge in [0.15, 0.2) is 0 Å². The monoisotopic (exact) mass is 301 g/mol. The molecule has 0 heterocycles. The highest BCUT2D eigenvalue weighted by Crippen LogP contribution is 2.21. The Balaban J connectivity index is 2.00. The Hall–Kier alpha value is -1.67. The van der Waals surface area contributed by atoms with E-state index >= 15 is 0 Å². The van der Waals surface area contributed by atoms with Crippen LogP contribution in [0.3, 0.4) is 0 Å². The number of anilines is 2. The minimum absolute atomic E-state index is 0.177. The van der Waals surface area contributed by atoms with Gasteiger partial charge in [0.1, 0.15) is 5.82 Å². The molecule has 0 aromatic heterocycles. The summed E-state index contributed by atoms with van der Waals surface area (Å²) in [6.07, 6.45) is 3.08. The molecule has 1 amide bonds. The molecular weight excluding hydrogens is 285 g/mol. The molecule has 1 fully saturated rings. The van der Waals surface area contributed by atoms with Crippen molar-refractivity contribution in [1.82, 2.24) is 5.32 Å². The third kappa shape index (κ3) is 4.78. The van der Waals surface area contributed by atoms with Gasteiger partial charge >= 0.3 is 0 Å². The molecule has 0 radical (unpaired) electrons. The van der Waals surface area contributed by atoms with Crippen LogP contribution in [0.4, 0.5) is 15.8 Å². The zero-order chi connectivity index (χ0) is 14.8. The molecule has 110 valence electrons. The molecule has 1 aliphatic rings. The zero-order valence-electron chi connectivity index (χ0n) is 10.9. The largest absolute Gasteiger partial charge is 0.325 e. The lowest BCUT2D eigenvalue weighted by atomic mass is 10.2. The van der Waals surface area contributed by atoms with Crippen molar-refractivity contribution >= 4 is 27.3 Å². The van der Waals surface area contributed by atoms with Crippen LogP contribution in [0.2, 0.25) is 0 Å². The van der Waals surface area contributed by atoms with Crippen LogP contribution in [-0.4, -0.2) is 33.2 Å². The quantitative estimate of drug-likeness (QED) is 0.728. The number of benzene rings is 1. The van der Waals surface area contributed by atoms with E-state index in [0.29, 0.717) is 11.7 Å². The zero-order valence-corrected chi connectivity index (χ0v) is 11.8. The maximum absolute atomic E-state index is 13.4. The van der Waals surface area contributed by atoms with Crippen molar-refractivity contribution in [3.63, 3.8) is 0 Å². The number of carbonyl (C=O) groups excluding carboxylic acids is 1. The van der Waals surface area contributed by atoms with Gasteiger partial charge in [-0.2, -0.15) is 0 Å². The fourth-order valence-electron chi connectivity index (χ4n) is 1.61. The van der Waals surface area contributed by atoms with E-state index < -0.39 is 15.8 Å². The maximum atomic E-state index is 13.4. The third-order valence-electron chi connectivity index (χ3n) is 2.67. The molecule has 6 nitrogen and oxygen atoms in total. The van der Waals surface area contributed by atoms with Crippen molar-refractivity contribution in [3.05, 3.63) is 24.0 Å². The number of amides is 1. The summed E-state index contributed by atoms with van der Waals surface area (Å²) < 4.78 is 37.7. The van der Waals surface area contributed by atoms with Crippen LogP contribution in [0.15, 0.2) is 18.2 Å². The van der Waals surface area contributed by atoms with Crippen LogP contribution in [0.5, 0.6) is 0 Å². The smallest absolute Gasteiger partial charge is 0.238 e. The molecule has 1 aromatic rings. The molecule has 20 heavy (non-hydrogen) atoms. The number of sulfonamides is 1. The van der Waals surface area contributed by atoms with Gasteiger partial charge in [-0.25, -0.2) is 12.8 Å². The van der Waals surface area contributed by atoms with E-state index in [-0.39, 0.29) is 18.1 Å². The van der Waals surface area contributed by atoms with Gasteiger partial charge in [0.25, 0.3) is 0 Å². The van der Waals surface area contributed by atoms with Gasteiger partial charge in [0.05, 0.1) is 18.5 Å². The Morgan fingerprint density at radius 3 is 2.70 bits per heavy atom. The number of rotatable bonds is 6. The van der Waals surface area contributed by atoms with Gasteiger partial charge in [-0.3, -0.25) is 9.52 Å². The topological polar surface area (TPSA) is 87.3 Å². The van der Waals surface area contributed by atoms with Gasteiger partial charge in [-0.1, -0.05) is 0 Å². The van der Waals surface area contributed by atoms with Gasteiger partial charge in [0.2, 0.25) is 15.9 Å². The molecule has 3 N–H and O–H groups in total. The second kappa shape index (κ2) is 5.76. The van der Waals surface area contributed by atoms with Crippen LogP contribution in [-0.2, 0) is 14.8 Å². The van der Waals surface area contributed by atoms with Crippen molar-refractivity contribution in [3.8, 4) is 0 Å². The molecule has 0 spiro atoms. The summed E-state index contributed by atoms with van der Waals surface area (Å²) >= 11 is 0. The average molecular weight is 301 g/mol. The molecular formula is C12H16FN3O3S. The van der Waals surface area contributed by atoms with Crippen LogP contribution in [0, 0.1) is 5.82 Å². The molecule has 0 aliphatic heterocycles. The molecule has 8 heteroatoms. The predicted octanol–water partition coefficient (Wildman–Crippen LogP) is 0.888. The third-order valence-corrected chi connectivity index (χ3v) is 3.26. The van der Waals surface area contributed by atoms with E-state index in [1.54, 1.807) is 0 Å². The van der Waals surface area contributed by atoms with Crippen molar-refractivity contribution < 1.29 is 17.6 Å². The number of nitrogens with one attached hydrogen (secondary N) is 3. The molecule has 0 bridgehead atoms. The molecule has 1 aliphatic carbocycles. The second-order valence-electron chi connectivity index (χ2n) is 4.77. The Kier molecular flexibility index (Phi) is 4.24. The van der Waals surface area contributed by atoms with E-state index in [1.165, 1.54) is 12.1 Å². The highest BCUT2D eigenvalue weighted by Gasteiger charge is 2.21. The number of hydrogen-bond acceptors (Lipinski definition) is 4. The maximum Gasteiger partial charge on any atom is 0.238 e. The van der Waals surface area contributed by atoms with E-state index in [0.717, 1.165) is 25.2 Å². The van der Waals surface area contributed by atoms with Crippen LogP contribution >= 0.6 is 0 Å². The fraction of sp³-hybridized carbons (Fsp3) is 0.417. The lowest BCUT2D eigenvalue weighted by molar-refractivity contribution is -0.115. The minimum Gasteiger partial charge on any atom is -0.325 e. The van der Waals surface area contributed by atoms with Gasteiger partial charge in [-0.15, -0.1) is 0 Å². The van der Waals surface area contributed by atoms with Gasteiger partial charge < -0.3 is 10.6 Å². The Bertz CT molecular complexity index is 614. The van der Waals surface area contributed by atoms with E-state index in [9.17, 15) is 17.6 Å². The summed E-state index contributed by atoms with van der Waals surface area (Å²) in [7, 11) is -3.57. The normalized spacial score (nSPS) is 14.9. The molecule has 1 saturated carbocycles. The molecule has 0 unspecified atom stereocenters. The Morgan fingerprint density at radius 2 is 2.10 bits per heavy atom. The van der Waals surface area contributed by atoms with E-state index in [2.05, 4.69) is 15.4 Å². The summed E-state index contributed by atoms with van der Waals surface area (Å²) in [6.45, 7) is 0.177. The molecule has 0 saturated heterocycles. The number of hydrogen-bond donors (Lipinski definition) is 3. The van der Waals surface area contributed by atoms with E-state index in [4.69, 9.17) is 0 Å². The van der Waals surface area contributed by atoms with Crippen molar-refractivity contribution in [2.45, 2.75) is 18.9 Å². The summed E-state index contributed by atoms with van der Waals surface area (Å²) in [5.41, 5.74) is 0.139. The molecule has 0 atom stereocenters. The van der Waals surface area contributed by atoms with Crippen LogP contribution in [0.1, 0.15) is 12.8 Å². The van der Waals surface area contributed by atoms with Crippen LogP contribution in [0.25, 0.3) is 0 Å². The first-order chi connectivity index (χ1) is 9.33. The first-order valence-corrected chi connectivity index (χ1v) is 8.03. The summed E-state index contributed by atoms with van der Waals surface area (Å²) in [5, 5.41) is 5.62. The summed E-state index contributed by atoms with van der Waals surface area (Å²) in [5.74, 6) is -0.960. The molecule has 2 rings (SSSR count). The predicted molar refractivity (Wildman–Crippen MR) is 74.5 cm³/mol. The summed E-state index contributed by atoms with van der Waals surface area (Å²) in [6, 6.07) is 4.12. The Labute approximate surface area is 116 Å². The first kappa shape index (κ1) is 14.7. The van der Waals surface area contributed by atoms with E-state index in [1.807, 2.05) is 0 Å². The number of carbonyl (C=O) groups is 1. The Morgan fingerprint density at radius 1 is 1.40 bits per heavy atom. The van der Waals surface area contributed by atoms with Crippen molar-refractivity contribution in [2.75, 3.05) is 22.8 Å². The summed E-state index contributed by atoms with van der Waals surface area (Å²) in [4.78, 5) is 11.6. The highest BCUT2D eigenvalue weighted by atomic mass is 32.2. The lowest BCUT2D eigenvalue weighted by Crippen LogP contribution is -2.29. The molecule has 1 aromatic carbocycles.